The van der Waals surface area contributed by atoms with Crippen molar-refractivity contribution in [1.29, 1.82) is 5.26 Å². The maximum Gasteiger partial charge on any atom is 0.261 e. The number of hydrogen-bond acceptors (Lipinski definition) is 3. The van der Waals surface area contributed by atoms with E-state index in [1.54, 1.807) is 6.07 Å². The van der Waals surface area contributed by atoms with E-state index in [9.17, 15) is 4.79 Å². The third-order valence-electron chi connectivity index (χ3n) is 1.91. The summed E-state index contributed by atoms with van der Waals surface area (Å²) < 4.78 is 0. The summed E-state index contributed by atoms with van der Waals surface area (Å²) in [6.07, 6.45) is 1.15. The summed E-state index contributed by atoms with van der Waals surface area (Å²) in [6.45, 7) is 1.96. The number of carbonyl (C=O) groups is 1. The molecule has 14 heavy (non-hydrogen) atoms. The fraction of sp³-hybridized carbons (Fsp3) is 0.400. The number of thiophene rings is 1. The summed E-state index contributed by atoms with van der Waals surface area (Å²) in [6, 6.07) is 5.64. The molecule has 0 saturated heterocycles. The Kier molecular flexibility index (Phi) is 4.14. The zero-order valence-corrected chi connectivity index (χ0v) is 8.80. The first-order valence-electron chi connectivity index (χ1n) is 4.49. The van der Waals surface area contributed by atoms with Crippen LogP contribution in [0.4, 0.5) is 0 Å². The molecular weight excluding hydrogens is 196 g/mol. The quantitative estimate of drug-likeness (QED) is 0.824. The van der Waals surface area contributed by atoms with E-state index in [2.05, 4.69) is 11.4 Å². The molecule has 3 nitrogen and oxygen atoms in total. The fourth-order valence-electron chi connectivity index (χ4n) is 1.07. The Hall–Kier alpha value is -1.34. The zero-order chi connectivity index (χ0) is 10.4. The van der Waals surface area contributed by atoms with Gasteiger partial charge in [-0.3, -0.25) is 4.79 Å². The molecule has 0 spiro atoms. The van der Waals surface area contributed by atoms with E-state index in [-0.39, 0.29) is 11.9 Å². The molecule has 0 aromatic carbocycles. The molecule has 1 atom stereocenters. The highest BCUT2D eigenvalue weighted by Crippen LogP contribution is 2.09. The summed E-state index contributed by atoms with van der Waals surface area (Å²) >= 11 is 1.41. The van der Waals surface area contributed by atoms with Crippen molar-refractivity contribution in [2.24, 2.45) is 0 Å². The van der Waals surface area contributed by atoms with E-state index < -0.39 is 0 Å². The van der Waals surface area contributed by atoms with Gasteiger partial charge in [0.15, 0.2) is 0 Å². The molecule has 0 fully saturated rings. The van der Waals surface area contributed by atoms with Crippen molar-refractivity contribution in [2.75, 3.05) is 0 Å². The molecule has 1 unspecified atom stereocenters. The minimum atomic E-state index is -0.0814. The van der Waals surface area contributed by atoms with E-state index in [0.717, 1.165) is 6.42 Å². The van der Waals surface area contributed by atoms with Gasteiger partial charge in [0.1, 0.15) is 0 Å². The highest BCUT2D eigenvalue weighted by Gasteiger charge is 2.11. The maximum absolute atomic E-state index is 11.5. The van der Waals surface area contributed by atoms with Crippen molar-refractivity contribution < 1.29 is 4.79 Å². The summed E-state index contributed by atoms with van der Waals surface area (Å²) in [4.78, 5) is 12.2. The number of carbonyl (C=O) groups excluding carboxylic acids is 1. The first-order valence-corrected chi connectivity index (χ1v) is 5.37. The van der Waals surface area contributed by atoms with Gasteiger partial charge in [-0.1, -0.05) is 13.0 Å². The van der Waals surface area contributed by atoms with E-state index in [4.69, 9.17) is 5.26 Å². The maximum atomic E-state index is 11.5. The summed E-state index contributed by atoms with van der Waals surface area (Å²) in [7, 11) is 0. The molecule has 1 heterocycles. The summed E-state index contributed by atoms with van der Waals surface area (Å²) in [5.74, 6) is -0.0814. The lowest BCUT2D eigenvalue weighted by atomic mass is 10.1. The molecule has 0 saturated carbocycles. The van der Waals surface area contributed by atoms with Crippen LogP contribution in [0.1, 0.15) is 29.4 Å². The molecule has 1 amide bonds. The van der Waals surface area contributed by atoms with E-state index in [0.29, 0.717) is 11.3 Å². The van der Waals surface area contributed by atoms with Crippen LogP contribution in [0.25, 0.3) is 0 Å². The molecule has 0 aliphatic heterocycles. The Morgan fingerprint density at radius 1 is 1.79 bits per heavy atom. The number of amides is 1. The smallest absolute Gasteiger partial charge is 0.261 e. The molecule has 74 valence electrons. The third-order valence-corrected chi connectivity index (χ3v) is 2.78. The van der Waals surface area contributed by atoms with Crippen LogP contribution < -0.4 is 5.32 Å². The Balaban J connectivity index is 2.52. The lowest BCUT2D eigenvalue weighted by Gasteiger charge is -2.12. The van der Waals surface area contributed by atoms with Crippen LogP contribution in [-0.4, -0.2) is 11.9 Å². The second-order valence-electron chi connectivity index (χ2n) is 2.92. The van der Waals surface area contributed by atoms with Gasteiger partial charge in [-0.25, -0.2) is 0 Å². The second kappa shape index (κ2) is 5.40. The SMILES string of the molecule is CCC(CC#N)NC(=O)c1cccs1. The average Bonchev–Trinajstić information content (AvgIpc) is 2.69. The molecule has 0 bridgehead atoms. The van der Waals surface area contributed by atoms with Gasteiger partial charge in [0.25, 0.3) is 5.91 Å². The Bertz CT molecular complexity index is 326. The van der Waals surface area contributed by atoms with Gasteiger partial charge >= 0.3 is 0 Å². The highest BCUT2D eigenvalue weighted by molar-refractivity contribution is 7.12. The number of nitrogens with zero attached hydrogens (tertiary/aromatic N) is 1. The van der Waals surface area contributed by atoms with Gasteiger partial charge in [0.2, 0.25) is 0 Å². The molecule has 0 aliphatic rings. The van der Waals surface area contributed by atoms with Crippen molar-refractivity contribution in [3.63, 3.8) is 0 Å². The standard InChI is InChI=1S/C10H12N2OS/c1-2-8(5-6-11)12-10(13)9-4-3-7-14-9/h3-4,7-8H,2,5H2,1H3,(H,12,13). The van der Waals surface area contributed by atoms with E-state index in [1.165, 1.54) is 11.3 Å². The molecule has 1 aromatic heterocycles. The number of nitriles is 1. The number of rotatable bonds is 4. The van der Waals surface area contributed by atoms with Crippen molar-refractivity contribution in [1.82, 2.24) is 5.32 Å². The van der Waals surface area contributed by atoms with E-state index in [1.807, 2.05) is 18.4 Å². The lowest BCUT2D eigenvalue weighted by Crippen LogP contribution is -2.33. The molecule has 0 aliphatic carbocycles. The van der Waals surface area contributed by atoms with Crippen LogP contribution in [0.2, 0.25) is 0 Å². The number of hydrogen-bond donors (Lipinski definition) is 1. The Labute approximate surface area is 87.4 Å². The van der Waals surface area contributed by atoms with Crippen LogP contribution in [0.15, 0.2) is 17.5 Å². The van der Waals surface area contributed by atoms with Crippen LogP contribution >= 0.6 is 11.3 Å². The Morgan fingerprint density at radius 2 is 2.57 bits per heavy atom. The van der Waals surface area contributed by atoms with Gasteiger partial charge in [-0.05, 0) is 17.9 Å². The van der Waals surface area contributed by atoms with Crippen LogP contribution in [0, 0.1) is 11.3 Å². The minimum absolute atomic E-state index is 0.0328. The third kappa shape index (κ3) is 2.86. The Morgan fingerprint density at radius 3 is 3.07 bits per heavy atom. The average molecular weight is 208 g/mol. The molecular formula is C10H12N2OS. The summed E-state index contributed by atoms with van der Waals surface area (Å²) in [5, 5.41) is 13.2. The van der Waals surface area contributed by atoms with Crippen LogP contribution in [-0.2, 0) is 0 Å². The van der Waals surface area contributed by atoms with Gasteiger partial charge in [0.05, 0.1) is 17.4 Å². The van der Waals surface area contributed by atoms with Gasteiger partial charge in [0, 0.05) is 6.04 Å². The topological polar surface area (TPSA) is 52.9 Å². The summed E-state index contributed by atoms with van der Waals surface area (Å²) in [5.41, 5.74) is 0. The monoisotopic (exact) mass is 208 g/mol. The van der Waals surface area contributed by atoms with E-state index >= 15 is 0 Å². The minimum Gasteiger partial charge on any atom is -0.348 e. The molecule has 0 radical (unpaired) electrons. The molecule has 1 aromatic rings. The zero-order valence-electron chi connectivity index (χ0n) is 7.99. The van der Waals surface area contributed by atoms with Gasteiger partial charge < -0.3 is 5.32 Å². The highest BCUT2D eigenvalue weighted by atomic mass is 32.1. The predicted molar refractivity (Wildman–Crippen MR) is 56.1 cm³/mol. The lowest BCUT2D eigenvalue weighted by molar-refractivity contribution is 0.0941. The van der Waals surface area contributed by atoms with Gasteiger partial charge in [-0.2, -0.15) is 5.26 Å². The predicted octanol–water partition coefficient (Wildman–Crippen LogP) is 2.17. The van der Waals surface area contributed by atoms with Crippen molar-refractivity contribution in [3.8, 4) is 6.07 Å². The van der Waals surface area contributed by atoms with Crippen LogP contribution in [0.3, 0.4) is 0 Å². The van der Waals surface area contributed by atoms with Crippen molar-refractivity contribution in [2.45, 2.75) is 25.8 Å². The molecule has 1 rings (SSSR count). The molecule has 4 heteroatoms. The van der Waals surface area contributed by atoms with Crippen LogP contribution in [0.5, 0.6) is 0 Å². The first kappa shape index (κ1) is 10.7. The first-order chi connectivity index (χ1) is 6.77. The fourth-order valence-corrected chi connectivity index (χ4v) is 1.70. The largest absolute Gasteiger partial charge is 0.348 e. The second-order valence-corrected chi connectivity index (χ2v) is 3.87. The number of nitrogens with one attached hydrogen (secondary N) is 1. The van der Waals surface area contributed by atoms with Crippen molar-refractivity contribution >= 4 is 17.2 Å². The van der Waals surface area contributed by atoms with Gasteiger partial charge in [-0.15, -0.1) is 11.3 Å². The molecule has 1 N–H and O–H groups in total. The van der Waals surface area contributed by atoms with Crippen molar-refractivity contribution in [3.05, 3.63) is 22.4 Å². The normalized spacial score (nSPS) is 11.7.